The van der Waals surface area contributed by atoms with Gasteiger partial charge in [-0.1, -0.05) is 24.3 Å². The van der Waals surface area contributed by atoms with Gasteiger partial charge in [-0.25, -0.2) is 4.79 Å². The Bertz CT molecular complexity index is 998. The molecule has 0 aromatic heterocycles. The van der Waals surface area contributed by atoms with E-state index in [1.165, 1.54) is 0 Å². The minimum Gasteiger partial charge on any atom is -0.454 e. The lowest BCUT2D eigenvalue weighted by atomic mass is 9.85. The third-order valence-corrected chi connectivity index (χ3v) is 5.51. The molecule has 0 aliphatic carbocycles. The number of hydrogen-bond acceptors (Lipinski definition) is 5. The lowest BCUT2D eigenvalue weighted by Crippen LogP contribution is -2.48. The molecule has 0 N–H and O–H groups in total. The summed E-state index contributed by atoms with van der Waals surface area (Å²) in [6, 6.07) is 13.0. The van der Waals surface area contributed by atoms with Crippen LogP contribution in [0.15, 0.2) is 48.5 Å². The molecular weight excluding hydrogens is 358 g/mol. The van der Waals surface area contributed by atoms with E-state index in [-0.39, 0.29) is 18.7 Å². The summed E-state index contributed by atoms with van der Waals surface area (Å²) in [7, 11) is 0. The van der Waals surface area contributed by atoms with E-state index in [4.69, 9.17) is 14.2 Å². The van der Waals surface area contributed by atoms with Crippen molar-refractivity contribution in [1.29, 1.82) is 0 Å². The number of carbonyl (C=O) groups excluding carboxylic acids is 2. The monoisotopic (exact) mass is 377 g/mol. The molecule has 3 aliphatic heterocycles. The lowest BCUT2D eigenvalue weighted by molar-refractivity contribution is -0.133. The zero-order valence-corrected chi connectivity index (χ0v) is 15.2. The average molecular weight is 377 g/mol. The van der Waals surface area contributed by atoms with Crippen LogP contribution in [0.1, 0.15) is 34.3 Å². The fourth-order valence-corrected chi connectivity index (χ4v) is 4.15. The fourth-order valence-electron chi connectivity index (χ4n) is 4.15. The Labute approximate surface area is 162 Å². The molecule has 6 nitrogen and oxygen atoms in total. The van der Waals surface area contributed by atoms with Crippen LogP contribution in [-0.2, 0) is 15.1 Å². The predicted octanol–water partition coefficient (Wildman–Crippen LogP) is 3.12. The van der Waals surface area contributed by atoms with Crippen LogP contribution in [-0.4, -0.2) is 36.7 Å². The van der Waals surface area contributed by atoms with Crippen LogP contribution < -0.4 is 9.47 Å². The van der Waals surface area contributed by atoms with Crippen molar-refractivity contribution in [3.8, 4) is 11.5 Å². The highest BCUT2D eigenvalue weighted by molar-refractivity contribution is 5.95. The van der Waals surface area contributed by atoms with Crippen LogP contribution >= 0.6 is 0 Å². The maximum Gasteiger partial charge on any atom is 0.339 e. The third kappa shape index (κ3) is 2.72. The van der Waals surface area contributed by atoms with Crippen molar-refractivity contribution in [3.63, 3.8) is 0 Å². The number of carbonyl (C=O) groups is 2. The van der Waals surface area contributed by atoms with Crippen LogP contribution in [0.25, 0.3) is 6.08 Å². The molecule has 0 saturated carbocycles. The van der Waals surface area contributed by atoms with E-state index in [2.05, 4.69) is 0 Å². The zero-order chi connectivity index (χ0) is 19.1. The van der Waals surface area contributed by atoms with Gasteiger partial charge in [0.05, 0.1) is 12.1 Å². The molecular formula is C22H19NO5. The van der Waals surface area contributed by atoms with Crippen molar-refractivity contribution in [3.05, 3.63) is 65.2 Å². The highest BCUT2D eigenvalue weighted by Gasteiger charge is 2.48. The van der Waals surface area contributed by atoms with Gasteiger partial charge in [0.2, 0.25) is 12.7 Å². The van der Waals surface area contributed by atoms with E-state index in [1.54, 1.807) is 23.1 Å². The Morgan fingerprint density at radius 2 is 1.96 bits per heavy atom. The Hall–Kier alpha value is -3.28. The second-order valence-corrected chi connectivity index (χ2v) is 7.24. The van der Waals surface area contributed by atoms with Gasteiger partial charge in [-0.15, -0.1) is 0 Å². The van der Waals surface area contributed by atoms with E-state index < -0.39 is 5.60 Å². The van der Waals surface area contributed by atoms with Crippen molar-refractivity contribution in [2.24, 2.45) is 0 Å². The Morgan fingerprint density at radius 3 is 2.89 bits per heavy atom. The molecule has 3 aliphatic rings. The molecule has 1 unspecified atom stereocenters. The normalized spacial score (nSPS) is 22.6. The number of amides is 1. The molecule has 6 heteroatoms. The number of piperidine rings is 1. The van der Waals surface area contributed by atoms with E-state index in [0.29, 0.717) is 30.2 Å². The van der Waals surface area contributed by atoms with Crippen LogP contribution in [0.2, 0.25) is 0 Å². The second-order valence-electron chi connectivity index (χ2n) is 7.24. The summed E-state index contributed by atoms with van der Waals surface area (Å²) < 4.78 is 16.4. The van der Waals surface area contributed by atoms with Crippen molar-refractivity contribution in [1.82, 2.24) is 4.90 Å². The molecule has 0 radical (unpaired) electrons. The summed E-state index contributed by atoms with van der Waals surface area (Å²) in [5.41, 5.74) is 1.63. The maximum absolute atomic E-state index is 12.8. The molecule has 1 fully saturated rings. The Kier molecular flexibility index (Phi) is 3.86. The molecule has 1 amide bonds. The molecule has 1 atom stereocenters. The number of hydrogen-bond donors (Lipinski definition) is 0. The van der Waals surface area contributed by atoms with E-state index in [9.17, 15) is 9.59 Å². The van der Waals surface area contributed by atoms with Gasteiger partial charge >= 0.3 is 5.97 Å². The van der Waals surface area contributed by atoms with Gasteiger partial charge in [0, 0.05) is 18.2 Å². The van der Waals surface area contributed by atoms with Gasteiger partial charge in [-0.3, -0.25) is 4.79 Å². The van der Waals surface area contributed by atoms with E-state index in [1.807, 2.05) is 36.4 Å². The van der Waals surface area contributed by atoms with Gasteiger partial charge in [0.1, 0.15) is 0 Å². The average Bonchev–Trinajstić information content (AvgIpc) is 3.29. The van der Waals surface area contributed by atoms with Crippen molar-refractivity contribution >= 4 is 18.0 Å². The summed E-state index contributed by atoms with van der Waals surface area (Å²) in [4.78, 5) is 26.8. The van der Waals surface area contributed by atoms with Crippen molar-refractivity contribution in [2.45, 2.75) is 18.4 Å². The fraction of sp³-hybridized carbons (Fsp3) is 0.273. The summed E-state index contributed by atoms with van der Waals surface area (Å²) >= 11 is 0. The Morgan fingerprint density at radius 1 is 1.11 bits per heavy atom. The number of likely N-dealkylation sites (tertiary alicyclic amines) is 1. The van der Waals surface area contributed by atoms with Gasteiger partial charge in [0.25, 0.3) is 0 Å². The number of ether oxygens (including phenoxy) is 3. The summed E-state index contributed by atoms with van der Waals surface area (Å²) in [5.74, 6) is 0.988. The highest BCUT2D eigenvalue weighted by atomic mass is 16.7. The number of nitrogens with zero attached hydrogens (tertiary/aromatic N) is 1. The molecule has 142 valence electrons. The predicted molar refractivity (Wildman–Crippen MR) is 101 cm³/mol. The summed E-state index contributed by atoms with van der Waals surface area (Å²) in [5, 5.41) is 0. The number of fused-ring (bicyclic) bond motifs is 3. The molecule has 2 aromatic carbocycles. The topological polar surface area (TPSA) is 65.1 Å². The van der Waals surface area contributed by atoms with Crippen LogP contribution in [0, 0.1) is 0 Å². The summed E-state index contributed by atoms with van der Waals surface area (Å²) in [6.07, 6.45) is 4.83. The molecule has 1 saturated heterocycles. The summed E-state index contributed by atoms with van der Waals surface area (Å²) in [6.45, 7) is 1.24. The van der Waals surface area contributed by atoms with E-state index in [0.717, 1.165) is 24.0 Å². The molecule has 0 bridgehead atoms. The van der Waals surface area contributed by atoms with Gasteiger partial charge in [-0.2, -0.15) is 0 Å². The minimum atomic E-state index is -0.728. The standard InChI is InChI=1S/C22H19NO5/c24-20(9-7-15-6-8-18-19(12-15)27-14-26-18)23-11-3-10-22(13-23)17-5-2-1-4-16(17)21(25)28-22/h1-2,4-9,12H,3,10-11,13-14H2. The first-order valence-electron chi connectivity index (χ1n) is 9.34. The lowest BCUT2D eigenvalue weighted by Gasteiger charge is -2.39. The zero-order valence-electron chi connectivity index (χ0n) is 15.2. The molecule has 28 heavy (non-hydrogen) atoms. The van der Waals surface area contributed by atoms with Crippen molar-refractivity contribution in [2.75, 3.05) is 19.9 Å². The minimum absolute atomic E-state index is 0.0998. The molecule has 5 rings (SSSR count). The van der Waals surface area contributed by atoms with Crippen LogP contribution in [0.3, 0.4) is 0 Å². The Balaban J connectivity index is 1.34. The first-order valence-corrected chi connectivity index (χ1v) is 9.34. The smallest absolute Gasteiger partial charge is 0.339 e. The van der Waals surface area contributed by atoms with Gasteiger partial charge < -0.3 is 19.1 Å². The molecule has 1 spiro atoms. The highest BCUT2D eigenvalue weighted by Crippen LogP contribution is 2.42. The van der Waals surface area contributed by atoms with Crippen LogP contribution in [0.5, 0.6) is 11.5 Å². The first kappa shape index (κ1) is 16.9. The number of rotatable bonds is 2. The maximum atomic E-state index is 12.8. The number of esters is 1. The largest absolute Gasteiger partial charge is 0.454 e. The second kappa shape index (κ2) is 6.41. The van der Waals surface area contributed by atoms with Crippen LogP contribution in [0.4, 0.5) is 0 Å². The number of benzene rings is 2. The van der Waals surface area contributed by atoms with Gasteiger partial charge in [0.15, 0.2) is 17.1 Å². The SMILES string of the molecule is O=C1OC2(CCCN(C(=O)C=Cc3ccc4c(c3)OCO4)C2)c2ccccc21. The third-order valence-electron chi connectivity index (χ3n) is 5.51. The quantitative estimate of drug-likeness (QED) is 0.594. The van der Waals surface area contributed by atoms with Crippen molar-refractivity contribution < 1.29 is 23.8 Å². The van der Waals surface area contributed by atoms with Gasteiger partial charge in [-0.05, 0) is 42.7 Å². The molecule has 3 heterocycles. The first-order chi connectivity index (χ1) is 13.6. The molecule has 2 aromatic rings. The van der Waals surface area contributed by atoms with E-state index >= 15 is 0 Å².